The first-order valence-electron chi connectivity index (χ1n) is 8.52. The van der Waals surface area contributed by atoms with Gasteiger partial charge in [0.1, 0.15) is 11.5 Å². The number of para-hydroxylation sites is 2. The van der Waals surface area contributed by atoms with E-state index in [9.17, 15) is 39.5 Å². The Hall–Kier alpha value is -3.44. The highest BCUT2D eigenvalue weighted by Gasteiger charge is 2.39. The van der Waals surface area contributed by atoms with Gasteiger partial charge in [-0.1, -0.05) is 36.4 Å². The molecule has 0 fully saturated rings. The highest BCUT2D eigenvalue weighted by Crippen LogP contribution is 2.47. The largest absolute Gasteiger partial charge is 0.573 e. The van der Waals surface area contributed by atoms with Crippen LogP contribution in [0.25, 0.3) is 22.3 Å². The fraction of sp³-hybridized carbons (Fsp3) is 0.150. The smallest absolute Gasteiger partial charge is 0.405 e. The Morgan fingerprint density at radius 2 is 1.03 bits per heavy atom. The summed E-state index contributed by atoms with van der Waals surface area (Å²) in [5.41, 5.74) is -4.00. The number of ether oxygens (including phenoxy) is 2. The minimum absolute atomic E-state index is 0.358. The van der Waals surface area contributed by atoms with Crippen molar-refractivity contribution in [2.24, 2.45) is 0 Å². The van der Waals surface area contributed by atoms with Gasteiger partial charge in [0.15, 0.2) is 0 Å². The predicted octanol–water partition coefficient (Wildman–Crippen LogP) is 7.23. The first kappa shape index (κ1) is 23.2. The van der Waals surface area contributed by atoms with Crippen molar-refractivity contribution in [2.45, 2.75) is 18.9 Å². The maximum absolute atomic E-state index is 13.8. The molecule has 3 aromatic rings. The summed E-state index contributed by atoms with van der Waals surface area (Å²) < 4.78 is 126. The van der Waals surface area contributed by atoms with Gasteiger partial charge in [-0.05, 0) is 12.1 Å². The summed E-state index contributed by atoms with van der Waals surface area (Å²) in [5.74, 6) is -1.84. The van der Waals surface area contributed by atoms with Crippen LogP contribution in [0.4, 0.5) is 39.5 Å². The molecule has 170 valence electrons. The molecule has 32 heavy (non-hydrogen) atoms. The second-order valence-electron chi connectivity index (χ2n) is 6.20. The van der Waals surface area contributed by atoms with Crippen LogP contribution in [0.15, 0.2) is 60.9 Å². The summed E-state index contributed by atoms with van der Waals surface area (Å²) in [4.78, 5) is 3.44. The van der Waals surface area contributed by atoms with Gasteiger partial charge in [0.05, 0.1) is 5.56 Å². The maximum Gasteiger partial charge on any atom is 0.573 e. The minimum Gasteiger partial charge on any atom is -0.405 e. The molecule has 0 saturated carbocycles. The van der Waals surface area contributed by atoms with E-state index in [1.54, 1.807) is 0 Å². The van der Waals surface area contributed by atoms with E-state index in [4.69, 9.17) is 0 Å². The Kier molecular flexibility index (Phi) is 5.98. The lowest BCUT2D eigenvalue weighted by atomic mass is 9.91. The van der Waals surface area contributed by atoms with Crippen LogP contribution in [0, 0.1) is 0 Å². The fourth-order valence-electron chi connectivity index (χ4n) is 2.96. The van der Waals surface area contributed by atoms with Gasteiger partial charge >= 0.3 is 18.9 Å². The SMILES string of the molecule is FC(F)(F)Oc1ccccc1-c1cncc(C(F)(F)F)c1-c1ccccc1OC(F)(F)F. The molecular weight excluding hydrogens is 457 g/mol. The Morgan fingerprint density at radius 3 is 1.53 bits per heavy atom. The summed E-state index contributed by atoms with van der Waals surface area (Å²) >= 11 is 0. The first-order chi connectivity index (χ1) is 14.8. The summed E-state index contributed by atoms with van der Waals surface area (Å²) in [5, 5.41) is 0. The molecule has 0 unspecified atom stereocenters. The van der Waals surface area contributed by atoms with Gasteiger partial charge in [-0.3, -0.25) is 4.98 Å². The van der Waals surface area contributed by atoms with E-state index in [0.717, 1.165) is 48.7 Å². The molecule has 0 aliphatic heterocycles. The Bertz CT molecular complexity index is 1110. The summed E-state index contributed by atoms with van der Waals surface area (Å²) in [6, 6.07) is 8.20. The molecule has 0 bridgehead atoms. The van der Waals surface area contributed by atoms with Gasteiger partial charge in [-0.15, -0.1) is 26.3 Å². The topological polar surface area (TPSA) is 31.4 Å². The number of alkyl halides is 9. The lowest BCUT2D eigenvalue weighted by Crippen LogP contribution is -2.18. The molecular formula is C20H10F9NO2. The Morgan fingerprint density at radius 1 is 0.562 bits per heavy atom. The van der Waals surface area contributed by atoms with Crippen molar-refractivity contribution < 1.29 is 49.0 Å². The molecule has 0 aliphatic rings. The van der Waals surface area contributed by atoms with Crippen molar-refractivity contribution in [1.82, 2.24) is 4.98 Å². The molecule has 0 amide bonds. The maximum atomic E-state index is 13.8. The third-order valence-corrected chi connectivity index (χ3v) is 4.04. The second kappa shape index (κ2) is 8.24. The highest BCUT2D eigenvalue weighted by atomic mass is 19.4. The number of hydrogen-bond donors (Lipinski definition) is 0. The van der Waals surface area contributed by atoms with Crippen molar-refractivity contribution in [2.75, 3.05) is 0 Å². The quantitative estimate of drug-likeness (QED) is 0.380. The normalized spacial score (nSPS) is 12.5. The molecule has 0 N–H and O–H groups in total. The van der Waals surface area contributed by atoms with Gasteiger partial charge in [0.2, 0.25) is 0 Å². The van der Waals surface area contributed by atoms with Crippen LogP contribution in [0.1, 0.15) is 5.56 Å². The van der Waals surface area contributed by atoms with Crippen LogP contribution in [0.2, 0.25) is 0 Å². The van der Waals surface area contributed by atoms with Crippen LogP contribution in [0.5, 0.6) is 11.5 Å². The van der Waals surface area contributed by atoms with Crippen molar-refractivity contribution >= 4 is 0 Å². The number of hydrogen-bond acceptors (Lipinski definition) is 3. The van der Waals surface area contributed by atoms with Crippen LogP contribution >= 0.6 is 0 Å². The number of nitrogens with zero attached hydrogens (tertiary/aromatic N) is 1. The zero-order valence-electron chi connectivity index (χ0n) is 15.4. The zero-order valence-corrected chi connectivity index (χ0v) is 15.4. The molecule has 0 aliphatic carbocycles. The minimum atomic E-state index is -5.24. The zero-order chi connectivity index (χ0) is 23.7. The van der Waals surface area contributed by atoms with Crippen molar-refractivity contribution in [1.29, 1.82) is 0 Å². The standard InChI is InChI=1S/C20H10F9NO2/c21-18(22,23)14-10-30-9-13(11-5-1-3-7-15(11)31-19(24,25)26)17(14)12-6-2-4-8-16(12)32-20(27,28)29/h1-10H. The molecule has 12 heteroatoms. The molecule has 0 spiro atoms. The van der Waals surface area contributed by atoms with Crippen molar-refractivity contribution in [3.8, 4) is 33.8 Å². The molecule has 0 saturated heterocycles. The molecule has 1 aromatic heterocycles. The number of rotatable bonds is 4. The monoisotopic (exact) mass is 467 g/mol. The first-order valence-corrected chi connectivity index (χ1v) is 8.52. The predicted molar refractivity (Wildman–Crippen MR) is 93.5 cm³/mol. The van der Waals surface area contributed by atoms with Gasteiger partial charge in [0.25, 0.3) is 0 Å². The highest BCUT2D eigenvalue weighted by molar-refractivity contribution is 5.90. The van der Waals surface area contributed by atoms with E-state index >= 15 is 0 Å². The Labute approximate surface area is 174 Å². The van der Waals surface area contributed by atoms with Crippen LogP contribution < -0.4 is 9.47 Å². The third kappa shape index (κ3) is 5.42. The van der Waals surface area contributed by atoms with Gasteiger partial charge in [-0.2, -0.15) is 13.2 Å². The van der Waals surface area contributed by atoms with E-state index < -0.39 is 58.2 Å². The average Bonchev–Trinajstić information content (AvgIpc) is 2.65. The van der Waals surface area contributed by atoms with E-state index in [1.165, 1.54) is 6.07 Å². The third-order valence-electron chi connectivity index (χ3n) is 4.04. The lowest BCUT2D eigenvalue weighted by Gasteiger charge is -2.21. The molecule has 1 heterocycles. The average molecular weight is 467 g/mol. The number of aromatic nitrogens is 1. The van der Waals surface area contributed by atoms with E-state index in [1.807, 2.05) is 0 Å². The van der Waals surface area contributed by atoms with Crippen molar-refractivity contribution in [3.63, 3.8) is 0 Å². The summed E-state index contributed by atoms with van der Waals surface area (Å²) in [6.07, 6.45) is -14.4. The number of halogens is 9. The van der Waals surface area contributed by atoms with Gasteiger partial charge in [-0.25, -0.2) is 0 Å². The molecule has 2 aromatic carbocycles. The van der Waals surface area contributed by atoms with Gasteiger partial charge in [0, 0.05) is 34.6 Å². The molecule has 3 nitrogen and oxygen atoms in total. The fourth-order valence-corrected chi connectivity index (χ4v) is 2.96. The number of benzene rings is 2. The van der Waals surface area contributed by atoms with E-state index in [0.29, 0.717) is 6.20 Å². The van der Waals surface area contributed by atoms with Crippen molar-refractivity contribution in [3.05, 3.63) is 66.5 Å². The summed E-state index contributed by atoms with van der Waals surface area (Å²) in [7, 11) is 0. The Balaban J connectivity index is 2.35. The molecule has 0 atom stereocenters. The number of pyridine rings is 1. The molecule has 3 rings (SSSR count). The molecule has 0 radical (unpaired) electrons. The van der Waals surface area contributed by atoms with Gasteiger partial charge < -0.3 is 9.47 Å². The van der Waals surface area contributed by atoms with Crippen LogP contribution in [-0.2, 0) is 6.18 Å². The van der Waals surface area contributed by atoms with Crippen LogP contribution in [-0.4, -0.2) is 17.7 Å². The summed E-state index contributed by atoms with van der Waals surface area (Å²) in [6.45, 7) is 0. The second-order valence-corrected chi connectivity index (χ2v) is 6.20. The van der Waals surface area contributed by atoms with E-state index in [-0.39, 0.29) is 0 Å². The van der Waals surface area contributed by atoms with E-state index in [2.05, 4.69) is 14.5 Å². The van der Waals surface area contributed by atoms with Crippen LogP contribution in [0.3, 0.4) is 0 Å². The lowest BCUT2D eigenvalue weighted by molar-refractivity contribution is -0.275.